The SMILES string of the molecule is Cn1cncc1C(=O)NCC1(C(=O)O)CCCCCC1. The number of imidazole rings is 1. The molecule has 1 saturated carbocycles. The predicted molar refractivity (Wildman–Crippen MR) is 73.3 cm³/mol. The minimum atomic E-state index is -0.815. The van der Waals surface area contributed by atoms with Crippen molar-refractivity contribution in [2.45, 2.75) is 38.5 Å². The third-order valence-corrected chi connectivity index (χ3v) is 4.15. The first-order chi connectivity index (χ1) is 9.55. The predicted octanol–water partition coefficient (Wildman–Crippen LogP) is 1.58. The zero-order chi connectivity index (χ0) is 14.6. The van der Waals surface area contributed by atoms with Crippen molar-refractivity contribution in [3.8, 4) is 0 Å². The number of carbonyl (C=O) groups excluding carboxylic acids is 1. The van der Waals surface area contributed by atoms with Crippen LogP contribution in [0.1, 0.15) is 49.0 Å². The molecule has 2 N–H and O–H groups in total. The van der Waals surface area contributed by atoms with Crippen LogP contribution in [0.3, 0.4) is 0 Å². The number of aryl methyl sites for hydroxylation is 1. The van der Waals surface area contributed by atoms with Crippen LogP contribution in [0.4, 0.5) is 0 Å². The van der Waals surface area contributed by atoms with Crippen LogP contribution in [0.25, 0.3) is 0 Å². The molecule has 1 aliphatic carbocycles. The van der Waals surface area contributed by atoms with Crippen LogP contribution in [0.2, 0.25) is 0 Å². The molecule has 1 fully saturated rings. The Balaban J connectivity index is 2.04. The largest absolute Gasteiger partial charge is 0.481 e. The Kier molecular flexibility index (Phi) is 4.42. The quantitative estimate of drug-likeness (QED) is 0.819. The summed E-state index contributed by atoms with van der Waals surface area (Å²) >= 11 is 0. The summed E-state index contributed by atoms with van der Waals surface area (Å²) in [5.41, 5.74) is -0.371. The van der Waals surface area contributed by atoms with Gasteiger partial charge in [0.2, 0.25) is 0 Å². The molecule has 1 aromatic rings. The van der Waals surface area contributed by atoms with Crippen LogP contribution in [0.15, 0.2) is 12.5 Å². The number of hydrogen-bond acceptors (Lipinski definition) is 3. The lowest BCUT2D eigenvalue weighted by atomic mass is 9.80. The van der Waals surface area contributed by atoms with Gasteiger partial charge in [-0.05, 0) is 12.8 Å². The van der Waals surface area contributed by atoms with Gasteiger partial charge in [-0.3, -0.25) is 9.59 Å². The lowest BCUT2D eigenvalue weighted by Gasteiger charge is -2.28. The molecule has 0 aromatic carbocycles. The summed E-state index contributed by atoms with van der Waals surface area (Å²) < 4.78 is 1.62. The van der Waals surface area contributed by atoms with Crippen molar-refractivity contribution in [2.24, 2.45) is 12.5 Å². The molecule has 0 bridgehead atoms. The van der Waals surface area contributed by atoms with Crippen LogP contribution < -0.4 is 5.32 Å². The smallest absolute Gasteiger partial charge is 0.311 e. The zero-order valence-corrected chi connectivity index (χ0v) is 11.8. The third-order valence-electron chi connectivity index (χ3n) is 4.15. The first-order valence-corrected chi connectivity index (χ1v) is 7.03. The lowest BCUT2D eigenvalue weighted by molar-refractivity contribution is -0.149. The van der Waals surface area contributed by atoms with E-state index in [-0.39, 0.29) is 12.5 Å². The van der Waals surface area contributed by atoms with E-state index in [4.69, 9.17) is 0 Å². The van der Waals surface area contributed by atoms with Crippen molar-refractivity contribution in [1.29, 1.82) is 0 Å². The highest BCUT2D eigenvalue weighted by Crippen LogP contribution is 2.34. The molecule has 1 heterocycles. The van der Waals surface area contributed by atoms with E-state index in [0.717, 1.165) is 25.7 Å². The molecule has 0 unspecified atom stereocenters. The highest BCUT2D eigenvalue weighted by atomic mass is 16.4. The van der Waals surface area contributed by atoms with Crippen LogP contribution in [0, 0.1) is 5.41 Å². The van der Waals surface area contributed by atoms with Crippen molar-refractivity contribution in [2.75, 3.05) is 6.54 Å². The molecular formula is C14H21N3O3. The van der Waals surface area contributed by atoms with Crippen molar-refractivity contribution < 1.29 is 14.7 Å². The first-order valence-electron chi connectivity index (χ1n) is 7.03. The molecule has 0 saturated heterocycles. The minimum absolute atomic E-state index is 0.187. The molecule has 2 rings (SSSR count). The second-order valence-electron chi connectivity index (χ2n) is 5.57. The molecule has 0 radical (unpaired) electrons. The fraction of sp³-hybridized carbons (Fsp3) is 0.643. The molecule has 1 aromatic heterocycles. The van der Waals surface area contributed by atoms with E-state index in [1.165, 1.54) is 6.20 Å². The Bertz CT molecular complexity index is 488. The van der Waals surface area contributed by atoms with E-state index in [0.29, 0.717) is 18.5 Å². The number of carboxylic acids is 1. The first kappa shape index (κ1) is 14.6. The van der Waals surface area contributed by atoms with Gasteiger partial charge in [-0.1, -0.05) is 25.7 Å². The number of aliphatic carboxylic acids is 1. The van der Waals surface area contributed by atoms with Gasteiger partial charge in [-0.2, -0.15) is 0 Å². The summed E-state index contributed by atoms with van der Waals surface area (Å²) in [6.45, 7) is 0.187. The number of rotatable bonds is 4. The highest BCUT2D eigenvalue weighted by Gasteiger charge is 2.39. The molecule has 20 heavy (non-hydrogen) atoms. The summed E-state index contributed by atoms with van der Waals surface area (Å²) in [5.74, 6) is -1.07. The zero-order valence-electron chi connectivity index (χ0n) is 11.8. The van der Waals surface area contributed by atoms with Gasteiger partial charge < -0.3 is 15.0 Å². The maximum absolute atomic E-state index is 12.1. The van der Waals surface area contributed by atoms with E-state index in [9.17, 15) is 14.7 Å². The van der Waals surface area contributed by atoms with Crippen molar-refractivity contribution in [3.05, 3.63) is 18.2 Å². The summed E-state index contributed by atoms with van der Waals surface area (Å²) in [7, 11) is 1.74. The van der Waals surface area contributed by atoms with Gasteiger partial charge >= 0.3 is 5.97 Å². The van der Waals surface area contributed by atoms with Gasteiger partial charge in [0.05, 0.1) is 17.9 Å². The van der Waals surface area contributed by atoms with Gasteiger partial charge in [0.15, 0.2) is 0 Å². The standard InChI is InChI=1S/C14H21N3O3/c1-17-10-15-8-11(17)12(18)16-9-14(13(19)20)6-4-2-3-5-7-14/h8,10H,2-7,9H2,1H3,(H,16,18)(H,19,20). The Labute approximate surface area is 118 Å². The van der Waals surface area contributed by atoms with Gasteiger partial charge in [-0.15, -0.1) is 0 Å². The third kappa shape index (κ3) is 3.00. The number of carbonyl (C=O) groups is 2. The molecular weight excluding hydrogens is 258 g/mol. The number of hydrogen-bond donors (Lipinski definition) is 2. The number of nitrogens with one attached hydrogen (secondary N) is 1. The average Bonchev–Trinajstić information content (AvgIpc) is 2.71. The van der Waals surface area contributed by atoms with Gasteiger partial charge in [0.25, 0.3) is 5.91 Å². The van der Waals surface area contributed by atoms with Crippen LogP contribution in [-0.2, 0) is 11.8 Å². The van der Waals surface area contributed by atoms with E-state index >= 15 is 0 Å². The lowest BCUT2D eigenvalue weighted by Crippen LogP contribution is -2.43. The molecule has 0 spiro atoms. The molecule has 6 heteroatoms. The number of aromatic nitrogens is 2. The fourth-order valence-electron chi connectivity index (χ4n) is 2.79. The maximum atomic E-state index is 12.1. The highest BCUT2D eigenvalue weighted by molar-refractivity contribution is 5.92. The van der Waals surface area contributed by atoms with Crippen LogP contribution >= 0.6 is 0 Å². The number of nitrogens with zero attached hydrogens (tertiary/aromatic N) is 2. The normalized spacial score (nSPS) is 18.2. The van der Waals surface area contributed by atoms with Gasteiger partial charge in [0.1, 0.15) is 5.69 Å². The second-order valence-corrected chi connectivity index (χ2v) is 5.57. The summed E-state index contributed by atoms with van der Waals surface area (Å²) in [4.78, 5) is 27.6. The second kappa shape index (κ2) is 6.07. The van der Waals surface area contributed by atoms with Crippen molar-refractivity contribution in [3.63, 3.8) is 0 Å². The minimum Gasteiger partial charge on any atom is -0.481 e. The topological polar surface area (TPSA) is 84.2 Å². The molecule has 1 amide bonds. The monoisotopic (exact) mass is 279 g/mol. The summed E-state index contributed by atoms with van der Waals surface area (Å²) in [5, 5.41) is 12.3. The summed E-state index contributed by atoms with van der Waals surface area (Å²) in [6, 6.07) is 0. The Morgan fingerprint density at radius 3 is 2.50 bits per heavy atom. The van der Waals surface area contributed by atoms with E-state index in [1.807, 2.05) is 0 Å². The number of carboxylic acid groups (broad SMARTS) is 1. The average molecular weight is 279 g/mol. The van der Waals surface area contributed by atoms with Gasteiger partial charge in [-0.25, -0.2) is 4.98 Å². The molecule has 1 aliphatic rings. The van der Waals surface area contributed by atoms with Crippen LogP contribution in [-0.4, -0.2) is 33.1 Å². The Hall–Kier alpha value is -1.85. The maximum Gasteiger partial charge on any atom is 0.311 e. The summed E-state index contributed by atoms with van der Waals surface area (Å²) in [6.07, 6.45) is 8.27. The van der Waals surface area contributed by atoms with E-state index in [2.05, 4.69) is 10.3 Å². The molecule has 110 valence electrons. The number of amides is 1. The molecule has 6 nitrogen and oxygen atoms in total. The molecule has 0 aliphatic heterocycles. The van der Waals surface area contributed by atoms with E-state index < -0.39 is 11.4 Å². The molecule has 0 atom stereocenters. The van der Waals surface area contributed by atoms with E-state index in [1.54, 1.807) is 17.9 Å². The Morgan fingerprint density at radius 2 is 2.00 bits per heavy atom. The van der Waals surface area contributed by atoms with Gasteiger partial charge in [0, 0.05) is 13.6 Å². The Morgan fingerprint density at radius 1 is 1.35 bits per heavy atom. The van der Waals surface area contributed by atoms with Crippen molar-refractivity contribution in [1.82, 2.24) is 14.9 Å². The van der Waals surface area contributed by atoms with Crippen molar-refractivity contribution >= 4 is 11.9 Å². The fourth-order valence-corrected chi connectivity index (χ4v) is 2.79. The van der Waals surface area contributed by atoms with Crippen LogP contribution in [0.5, 0.6) is 0 Å².